The Bertz CT molecular complexity index is 408. The van der Waals surface area contributed by atoms with Crippen molar-refractivity contribution in [2.75, 3.05) is 13.1 Å². The molecule has 3 rings (SSSR count). The van der Waals surface area contributed by atoms with Gasteiger partial charge in [0, 0.05) is 23.1 Å². The molecule has 2 nitrogen and oxygen atoms in total. The van der Waals surface area contributed by atoms with Crippen LogP contribution in [0, 0.1) is 0 Å². The van der Waals surface area contributed by atoms with Crippen molar-refractivity contribution in [2.24, 2.45) is 0 Å². The zero-order chi connectivity index (χ0) is 11.9. The SMILES string of the molecule is OC1CCN(C2(c3cccc(Br)c3)CC2)CC1. The summed E-state index contributed by atoms with van der Waals surface area (Å²) in [7, 11) is 0. The summed E-state index contributed by atoms with van der Waals surface area (Å²) in [4.78, 5) is 2.57. The van der Waals surface area contributed by atoms with E-state index in [0.29, 0.717) is 0 Å². The smallest absolute Gasteiger partial charge is 0.0564 e. The molecule has 1 aromatic carbocycles. The summed E-state index contributed by atoms with van der Waals surface area (Å²) < 4.78 is 1.17. The third kappa shape index (κ3) is 2.16. The molecule has 0 amide bonds. The molecule has 0 spiro atoms. The largest absolute Gasteiger partial charge is 0.393 e. The van der Waals surface area contributed by atoms with Crippen LogP contribution in [-0.4, -0.2) is 29.2 Å². The van der Waals surface area contributed by atoms with Gasteiger partial charge in [0.1, 0.15) is 0 Å². The van der Waals surface area contributed by atoms with Gasteiger partial charge >= 0.3 is 0 Å². The second-order valence-corrected chi connectivity index (χ2v) is 6.18. The molecule has 2 fully saturated rings. The first-order valence-electron chi connectivity index (χ1n) is 6.40. The first kappa shape index (κ1) is 11.7. The van der Waals surface area contributed by atoms with E-state index < -0.39 is 0 Å². The van der Waals surface area contributed by atoms with Crippen molar-refractivity contribution in [2.45, 2.75) is 37.3 Å². The molecular formula is C14H18BrNO. The minimum Gasteiger partial charge on any atom is -0.393 e. The van der Waals surface area contributed by atoms with Crippen molar-refractivity contribution in [1.29, 1.82) is 0 Å². The first-order valence-corrected chi connectivity index (χ1v) is 7.19. The van der Waals surface area contributed by atoms with Gasteiger partial charge in [-0.3, -0.25) is 4.90 Å². The Morgan fingerprint density at radius 3 is 2.53 bits per heavy atom. The molecule has 1 aromatic rings. The molecule has 17 heavy (non-hydrogen) atoms. The lowest BCUT2D eigenvalue weighted by atomic mass is 9.98. The van der Waals surface area contributed by atoms with E-state index in [1.54, 1.807) is 0 Å². The average molecular weight is 296 g/mol. The van der Waals surface area contributed by atoms with Crippen LogP contribution in [0.2, 0.25) is 0 Å². The van der Waals surface area contributed by atoms with Crippen molar-refractivity contribution < 1.29 is 5.11 Å². The predicted octanol–water partition coefficient (Wildman–Crippen LogP) is 2.89. The van der Waals surface area contributed by atoms with Crippen LogP contribution in [0.25, 0.3) is 0 Å². The normalized spacial score (nSPS) is 24.8. The molecule has 1 heterocycles. The number of nitrogens with zero attached hydrogens (tertiary/aromatic N) is 1. The molecule has 0 bridgehead atoms. The molecule has 1 aliphatic carbocycles. The number of hydrogen-bond acceptors (Lipinski definition) is 2. The van der Waals surface area contributed by atoms with Crippen LogP contribution >= 0.6 is 15.9 Å². The van der Waals surface area contributed by atoms with Crippen LogP contribution in [0.4, 0.5) is 0 Å². The number of piperidine rings is 1. The zero-order valence-electron chi connectivity index (χ0n) is 9.90. The lowest BCUT2D eigenvalue weighted by Gasteiger charge is -2.37. The van der Waals surface area contributed by atoms with Crippen molar-refractivity contribution in [3.8, 4) is 0 Å². The quantitative estimate of drug-likeness (QED) is 0.907. The number of aliphatic hydroxyl groups excluding tert-OH is 1. The molecule has 1 aliphatic heterocycles. The Labute approximate surface area is 111 Å². The van der Waals surface area contributed by atoms with E-state index in [1.807, 2.05) is 0 Å². The number of aliphatic hydroxyl groups is 1. The second-order valence-electron chi connectivity index (χ2n) is 5.26. The molecule has 0 unspecified atom stereocenters. The standard InChI is InChI=1S/C14H18BrNO/c15-12-3-1-2-11(10-12)14(6-7-14)16-8-4-13(17)5-9-16/h1-3,10,13,17H,4-9H2. The number of hydrogen-bond donors (Lipinski definition) is 1. The highest BCUT2D eigenvalue weighted by atomic mass is 79.9. The van der Waals surface area contributed by atoms with Gasteiger partial charge in [-0.2, -0.15) is 0 Å². The Morgan fingerprint density at radius 2 is 1.94 bits per heavy atom. The fourth-order valence-electron chi connectivity index (χ4n) is 2.98. The summed E-state index contributed by atoms with van der Waals surface area (Å²) in [5, 5.41) is 9.59. The van der Waals surface area contributed by atoms with Gasteiger partial charge in [0.25, 0.3) is 0 Å². The molecule has 3 heteroatoms. The second kappa shape index (κ2) is 4.38. The van der Waals surface area contributed by atoms with Gasteiger partial charge in [0.15, 0.2) is 0 Å². The van der Waals surface area contributed by atoms with Gasteiger partial charge in [0.2, 0.25) is 0 Å². The zero-order valence-corrected chi connectivity index (χ0v) is 11.5. The fraction of sp³-hybridized carbons (Fsp3) is 0.571. The maximum Gasteiger partial charge on any atom is 0.0564 e. The summed E-state index contributed by atoms with van der Waals surface area (Å²) in [6, 6.07) is 8.69. The van der Waals surface area contributed by atoms with Crippen molar-refractivity contribution >= 4 is 15.9 Å². The first-order chi connectivity index (χ1) is 8.21. The van der Waals surface area contributed by atoms with Gasteiger partial charge in [-0.15, -0.1) is 0 Å². The summed E-state index contributed by atoms with van der Waals surface area (Å²) in [5.41, 5.74) is 1.72. The number of rotatable bonds is 2. The van der Waals surface area contributed by atoms with E-state index in [1.165, 1.54) is 22.9 Å². The van der Waals surface area contributed by atoms with E-state index in [2.05, 4.69) is 45.1 Å². The van der Waals surface area contributed by atoms with Gasteiger partial charge in [-0.1, -0.05) is 28.1 Å². The molecular weight excluding hydrogens is 278 g/mol. The maximum absolute atomic E-state index is 9.59. The third-order valence-corrected chi connectivity index (χ3v) is 4.65. The Kier molecular flexibility index (Phi) is 3.01. The van der Waals surface area contributed by atoms with Gasteiger partial charge in [0.05, 0.1) is 6.10 Å². The molecule has 2 aliphatic rings. The summed E-state index contributed by atoms with van der Waals surface area (Å²) in [5.74, 6) is 0. The monoisotopic (exact) mass is 295 g/mol. The van der Waals surface area contributed by atoms with Crippen LogP contribution < -0.4 is 0 Å². The summed E-state index contributed by atoms with van der Waals surface area (Å²) in [6.45, 7) is 2.07. The Morgan fingerprint density at radius 1 is 1.24 bits per heavy atom. The third-order valence-electron chi connectivity index (χ3n) is 4.16. The van der Waals surface area contributed by atoms with Crippen LogP contribution in [0.1, 0.15) is 31.2 Å². The van der Waals surface area contributed by atoms with E-state index in [9.17, 15) is 5.11 Å². The van der Waals surface area contributed by atoms with Gasteiger partial charge < -0.3 is 5.11 Å². The van der Waals surface area contributed by atoms with Gasteiger partial charge in [-0.05, 0) is 43.4 Å². The molecule has 0 aromatic heterocycles. The molecule has 1 saturated carbocycles. The highest BCUT2D eigenvalue weighted by molar-refractivity contribution is 9.10. The molecule has 0 atom stereocenters. The fourth-order valence-corrected chi connectivity index (χ4v) is 3.38. The molecule has 92 valence electrons. The van der Waals surface area contributed by atoms with Crippen LogP contribution in [0.5, 0.6) is 0 Å². The van der Waals surface area contributed by atoms with Crippen molar-refractivity contribution in [3.05, 3.63) is 34.3 Å². The summed E-state index contributed by atoms with van der Waals surface area (Å²) in [6.07, 6.45) is 4.30. The summed E-state index contributed by atoms with van der Waals surface area (Å²) >= 11 is 3.56. The van der Waals surface area contributed by atoms with Crippen LogP contribution in [0.3, 0.4) is 0 Å². The highest BCUT2D eigenvalue weighted by Gasteiger charge is 2.49. The van der Waals surface area contributed by atoms with Crippen LogP contribution in [-0.2, 0) is 5.54 Å². The van der Waals surface area contributed by atoms with E-state index in [4.69, 9.17) is 0 Å². The topological polar surface area (TPSA) is 23.5 Å². The van der Waals surface area contributed by atoms with Gasteiger partial charge in [-0.25, -0.2) is 0 Å². The van der Waals surface area contributed by atoms with Crippen molar-refractivity contribution in [1.82, 2.24) is 4.90 Å². The molecule has 1 N–H and O–H groups in total. The number of likely N-dealkylation sites (tertiary alicyclic amines) is 1. The number of benzene rings is 1. The minimum atomic E-state index is -0.0791. The van der Waals surface area contributed by atoms with E-state index >= 15 is 0 Å². The Hall–Kier alpha value is -0.380. The maximum atomic E-state index is 9.59. The minimum absolute atomic E-state index is 0.0791. The predicted molar refractivity (Wildman–Crippen MR) is 71.9 cm³/mol. The lowest BCUT2D eigenvalue weighted by Crippen LogP contribution is -2.42. The Balaban J connectivity index is 1.82. The highest BCUT2D eigenvalue weighted by Crippen LogP contribution is 2.52. The average Bonchev–Trinajstić information content (AvgIpc) is 3.11. The number of halogens is 1. The van der Waals surface area contributed by atoms with E-state index in [-0.39, 0.29) is 11.6 Å². The molecule has 0 radical (unpaired) electrons. The van der Waals surface area contributed by atoms with Crippen LogP contribution in [0.15, 0.2) is 28.7 Å². The molecule has 1 saturated heterocycles. The van der Waals surface area contributed by atoms with E-state index in [0.717, 1.165) is 25.9 Å². The lowest BCUT2D eigenvalue weighted by molar-refractivity contribution is 0.0522. The van der Waals surface area contributed by atoms with Crippen molar-refractivity contribution in [3.63, 3.8) is 0 Å².